The van der Waals surface area contributed by atoms with Gasteiger partial charge in [-0.1, -0.05) is 12.1 Å². The molecule has 0 fully saturated rings. The van der Waals surface area contributed by atoms with Crippen molar-refractivity contribution < 1.29 is 23.1 Å². The molecule has 34 heavy (non-hydrogen) atoms. The summed E-state index contributed by atoms with van der Waals surface area (Å²) in [5.41, 5.74) is 4.04. The van der Waals surface area contributed by atoms with Crippen LogP contribution in [-0.4, -0.2) is 53.1 Å². The lowest BCUT2D eigenvalue weighted by molar-refractivity contribution is -0.192. The summed E-state index contributed by atoms with van der Waals surface area (Å²) in [5.74, 6) is -2.13. The molecule has 178 valence electrons. The molecule has 0 bridgehead atoms. The maximum Gasteiger partial charge on any atom is 0.490 e. The molecule has 0 atom stereocenters. The average Bonchev–Trinajstić information content (AvgIpc) is 3.49. The number of carboxylic acid groups (broad SMARTS) is 1. The highest BCUT2D eigenvalue weighted by Crippen LogP contribution is 2.19. The highest BCUT2D eigenvalue weighted by atomic mass is 19.4. The smallest absolute Gasteiger partial charge is 0.475 e. The minimum atomic E-state index is -5.08. The Hall–Kier alpha value is -4.22. The Morgan fingerprint density at radius 1 is 1.21 bits per heavy atom. The Morgan fingerprint density at radius 2 is 2.00 bits per heavy atom. The molecule has 3 heterocycles. The van der Waals surface area contributed by atoms with Gasteiger partial charge < -0.3 is 15.0 Å². The number of aromatic nitrogens is 6. The maximum atomic E-state index is 10.6. The zero-order valence-corrected chi connectivity index (χ0v) is 18.1. The second-order valence-electron chi connectivity index (χ2n) is 7.16. The first-order valence-corrected chi connectivity index (χ1v) is 10.2. The van der Waals surface area contributed by atoms with E-state index in [4.69, 9.17) is 9.90 Å². The van der Waals surface area contributed by atoms with Crippen LogP contribution < -0.4 is 5.32 Å². The summed E-state index contributed by atoms with van der Waals surface area (Å²) in [7, 11) is 0. The summed E-state index contributed by atoms with van der Waals surface area (Å²) in [6, 6.07) is 10.1. The molecule has 3 aromatic heterocycles. The lowest BCUT2D eigenvalue weighted by Gasteiger charge is -2.06. The van der Waals surface area contributed by atoms with E-state index in [9.17, 15) is 13.2 Å². The van der Waals surface area contributed by atoms with Gasteiger partial charge in [-0.2, -0.15) is 18.3 Å². The van der Waals surface area contributed by atoms with Crippen LogP contribution in [0.3, 0.4) is 0 Å². The molecule has 0 saturated heterocycles. The van der Waals surface area contributed by atoms with Crippen LogP contribution in [0.15, 0.2) is 67.6 Å². The Kier molecular flexibility index (Phi) is 7.96. The van der Waals surface area contributed by atoms with Gasteiger partial charge in [-0.05, 0) is 37.1 Å². The average molecular weight is 473 g/mol. The zero-order valence-electron chi connectivity index (χ0n) is 18.1. The Labute approximate surface area is 192 Å². The number of rotatable bonds is 7. The van der Waals surface area contributed by atoms with Gasteiger partial charge in [0.1, 0.15) is 0 Å². The molecule has 0 aliphatic heterocycles. The molecule has 0 unspecified atom stereocenters. The number of imidazole rings is 1. The maximum absolute atomic E-state index is 10.6. The number of nitrogens with zero attached hydrogens (tertiary/aromatic N) is 6. The molecule has 4 rings (SSSR count). The fourth-order valence-electron chi connectivity index (χ4n) is 2.85. The predicted molar refractivity (Wildman–Crippen MR) is 118 cm³/mol. The SMILES string of the molecule is Cc1cccc(-n2cc(-c3ccnc(NCCCn4ccnc4)n3)cn2)c1.O=C(O)C(F)(F)F. The van der Waals surface area contributed by atoms with Crippen LogP contribution in [0.2, 0.25) is 0 Å². The number of carboxylic acids is 1. The van der Waals surface area contributed by atoms with Gasteiger partial charge in [-0.15, -0.1) is 0 Å². The molecule has 2 N–H and O–H groups in total. The van der Waals surface area contributed by atoms with Crippen molar-refractivity contribution in [2.75, 3.05) is 11.9 Å². The largest absolute Gasteiger partial charge is 0.490 e. The van der Waals surface area contributed by atoms with E-state index in [-0.39, 0.29) is 0 Å². The number of hydrogen-bond donors (Lipinski definition) is 2. The van der Waals surface area contributed by atoms with Crippen molar-refractivity contribution in [3.8, 4) is 16.9 Å². The molecule has 4 aromatic rings. The molecular weight excluding hydrogens is 451 g/mol. The van der Waals surface area contributed by atoms with E-state index in [0.717, 1.165) is 36.5 Å². The quantitative estimate of drug-likeness (QED) is 0.391. The van der Waals surface area contributed by atoms with Gasteiger partial charge in [0.25, 0.3) is 0 Å². The number of hydrogen-bond acceptors (Lipinski definition) is 6. The fourth-order valence-corrected chi connectivity index (χ4v) is 2.85. The summed E-state index contributed by atoms with van der Waals surface area (Å²) in [5, 5.41) is 14.9. The normalized spacial score (nSPS) is 10.9. The summed E-state index contributed by atoms with van der Waals surface area (Å²) in [4.78, 5) is 21.9. The van der Waals surface area contributed by atoms with E-state index in [1.807, 2.05) is 47.8 Å². The number of benzene rings is 1. The van der Waals surface area contributed by atoms with Crippen LogP contribution in [0, 0.1) is 6.92 Å². The predicted octanol–water partition coefficient (Wildman–Crippen LogP) is 3.97. The first-order valence-electron chi connectivity index (χ1n) is 10.2. The summed E-state index contributed by atoms with van der Waals surface area (Å²) in [6.45, 7) is 3.78. The van der Waals surface area contributed by atoms with Crippen LogP contribution in [0.1, 0.15) is 12.0 Å². The van der Waals surface area contributed by atoms with Gasteiger partial charge in [0.15, 0.2) is 0 Å². The van der Waals surface area contributed by atoms with E-state index in [1.165, 1.54) is 5.56 Å². The number of nitrogens with one attached hydrogen (secondary N) is 1. The molecule has 9 nitrogen and oxygen atoms in total. The van der Waals surface area contributed by atoms with Gasteiger partial charge in [-0.3, -0.25) is 0 Å². The lowest BCUT2D eigenvalue weighted by Crippen LogP contribution is -2.21. The Balaban J connectivity index is 0.000000406. The van der Waals surface area contributed by atoms with Crippen LogP contribution in [0.25, 0.3) is 16.9 Å². The van der Waals surface area contributed by atoms with E-state index < -0.39 is 12.1 Å². The summed E-state index contributed by atoms with van der Waals surface area (Å²) >= 11 is 0. The highest BCUT2D eigenvalue weighted by molar-refractivity contribution is 5.73. The van der Waals surface area contributed by atoms with Crippen molar-refractivity contribution in [1.29, 1.82) is 0 Å². The minimum Gasteiger partial charge on any atom is -0.475 e. The number of anilines is 1. The highest BCUT2D eigenvalue weighted by Gasteiger charge is 2.38. The van der Waals surface area contributed by atoms with Gasteiger partial charge in [0.05, 0.1) is 23.9 Å². The number of aliphatic carboxylic acids is 1. The zero-order chi connectivity index (χ0) is 24.6. The van der Waals surface area contributed by atoms with Gasteiger partial charge in [0.2, 0.25) is 5.95 Å². The van der Waals surface area contributed by atoms with E-state index in [0.29, 0.717) is 5.95 Å². The van der Waals surface area contributed by atoms with E-state index in [2.05, 4.69) is 49.0 Å². The van der Waals surface area contributed by atoms with Crippen LogP contribution >= 0.6 is 0 Å². The number of carbonyl (C=O) groups is 1. The monoisotopic (exact) mass is 473 g/mol. The topological polar surface area (TPSA) is 111 Å². The van der Waals surface area contributed by atoms with Crippen molar-refractivity contribution in [2.45, 2.75) is 26.1 Å². The Morgan fingerprint density at radius 3 is 2.68 bits per heavy atom. The number of alkyl halides is 3. The van der Waals surface area contributed by atoms with Gasteiger partial charge >= 0.3 is 12.1 Å². The van der Waals surface area contributed by atoms with Crippen molar-refractivity contribution in [1.82, 2.24) is 29.3 Å². The lowest BCUT2D eigenvalue weighted by atomic mass is 10.2. The molecule has 0 radical (unpaired) electrons. The van der Waals surface area contributed by atoms with Crippen LogP contribution in [0.4, 0.5) is 19.1 Å². The minimum absolute atomic E-state index is 0.626. The van der Waals surface area contributed by atoms with Crippen molar-refractivity contribution in [3.63, 3.8) is 0 Å². The molecule has 1 aromatic carbocycles. The fraction of sp³-hybridized carbons (Fsp3) is 0.227. The van der Waals surface area contributed by atoms with Crippen LogP contribution in [0.5, 0.6) is 0 Å². The number of halogens is 3. The van der Waals surface area contributed by atoms with Crippen molar-refractivity contribution in [2.24, 2.45) is 0 Å². The van der Waals surface area contributed by atoms with Crippen molar-refractivity contribution >= 4 is 11.9 Å². The van der Waals surface area contributed by atoms with Crippen LogP contribution in [-0.2, 0) is 11.3 Å². The summed E-state index contributed by atoms with van der Waals surface area (Å²) < 4.78 is 35.7. The third-order valence-electron chi connectivity index (χ3n) is 4.48. The number of aryl methyl sites for hydroxylation is 2. The molecule has 0 amide bonds. The third kappa shape index (κ3) is 7.15. The first-order chi connectivity index (χ1) is 16.2. The van der Waals surface area contributed by atoms with Gasteiger partial charge in [0, 0.05) is 43.4 Å². The Bertz CT molecular complexity index is 1210. The molecule has 0 aliphatic carbocycles. The summed E-state index contributed by atoms with van der Waals surface area (Å²) in [6.07, 6.45) is 7.04. The molecule has 0 spiro atoms. The van der Waals surface area contributed by atoms with E-state index >= 15 is 0 Å². The van der Waals surface area contributed by atoms with Gasteiger partial charge in [-0.25, -0.2) is 24.4 Å². The first kappa shape index (κ1) is 24.4. The molecular formula is C22H22F3N7O2. The molecule has 12 heteroatoms. The van der Waals surface area contributed by atoms with Crippen molar-refractivity contribution in [3.05, 3.63) is 73.2 Å². The van der Waals surface area contributed by atoms with E-state index in [1.54, 1.807) is 12.4 Å². The second kappa shape index (κ2) is 11.1. The molecule has 0 saturated carbocycles. The third-order valence-corrected chi connectivity index (χ3v) is 4.48. The molecule has 0 aliphatic rings. The second-order valence-corrected chi connectivity index (χ2v) is 7.16. The standard InChI is InChI=1S/C20H21N7.C2HF3O2/c1-16-4-2-5-18(12-16)27-14-17(13-24-27)19-6-8-23-20(25-19)22-7-3-10-26-11-9-21-15-26;3-2(4,5)1(6)7/h2,4-6,8-9,11-15H,3,7,10H2,1H3,(H,22,23,25);(H,6,7).